The molecule has 1 saturated carbocycles. The Hall–Kier alpha value is -0.900. The molecule has 15 heavy (non-hydrogen) atoms. The van der Waals surface area contributed by atoms with Gasteiger partial charge in [-0.2, -0.15) is 0 Å². The Balaban J connectivity index is 1.98. The zero-order chi connectivity index (χ0) is 11.1. The van der Waals surface area contributed by atoms with Crippen molar-refractivity contribution in [3.63, 3.8) is 0 Å². The normalized spacial score (nSPS) is 22.2. The van der Waals surface area contributed by atoms with Crippen molar-refractivity contribution in [2.45, 2.75) is 20.3 Å². The topological polar surface area (TPSA) is 42.0 Å². The van der Waals surface area contributed by atoms with Crippen LogP contribution in [0.2, 0.25) is 0 Å². The van der Waals surface area contributed by atoms with Crippen LogP contribution in [-0.2, 0) is 4.79 Å². The van der Waals surface area contributed by atoms with Crippen LogP contribution in [0.25, 0.3) is 0 Å². The third kappa shape index (κ3) is 2.37. The number of nitrogens with one attached hydrogen (secondary N) is 1. The highest BCUT2D eigenvalue weighted by Crippen LogP contribution is 2.51. The van der Waals surface area contributed by atoms with Crippen LogP contribution in [0.5, 0.6) is 0 Å². The summed E-state index contributed by atoms with van der Waals surface area (Å²) in [7, 11) is 0. The molecule has 0 saturated heterocycles. The standard InChI is InChI=1S/C11H13BrN2O/c1-11(2)5-8(11)10(15)14-7-3-4-9(12)13-6-7/h3-4,6,8H,5H2,1-2H3,(H,14,15). The maximum Gasteiger partial charge on any atom is 0.228 e. The van der Waals surface area contributed by atoms with E-state index in [4.69, 9.17) is 0 Å². The quantitative estimate of drug-likeness (QED) is 0.839. The SMILES string of the molecule is CC1(C)CC1C(=O)Nc1ccc(Br)nc1. The van der Waals surface area contributed by atoms with Gasteiger partial charge in [0.25, 0.3) is 0 Å². The van der Waals surface area contributed by atoms with Crippen molar-refractivity contribution in [1.29, 1.82) is 0 Å². The van der Waals surface area contributed by atoms with E-state index in [-0.39, 0.29) is 17.2 Å². The minimum absolute atomic E-state index is 0.101. The molecule has 0 spiro atoms. The van der Waals surface area contributed by atoms with Gasteiger partial charge < -0.3 is 5.32 Å². The first-order valence-electron chi connectivity index (χ1n) is 4.91. The second-order valence-corrected chi connectivity index (χ2v) is 5.42. The summed E-state index contributed by atoms with van der Waals surface area (Å²) in [6.45, 7) is 4.22. The lowest BCUT2D eigenvalue weighted by molar-refractivity contribution is -0.118. The van der Waals surface area contributed by atoms with E-state index in [1.54, 1.807) is 6.20 Å². The van der Waals surface area contributed by atoms with Crippen molar-refractivity contribution < 1.29 is 4.79 Å². The molecule has 0 aromatic carbocycles. The highest BCUT2D eigenvalue weighted by Gasteiger charge is 2.50. The van der Waals surface area contributed by atoms with Crippen LogP contribution in [0.1, 0.15) is 20.3 Å². The van der Waals surface area contributed by atoms with Gasteiger partial charge in [0.1, 0.15) is 4.60 Å². The Kier molecular flexibility index (Phi) is 2.54. The fraction of sp³-hybridized carbons (Fsp3) is 0.455. The number of hydrogen-bond acceptors (Lipinski definition) is 2. The largest absolute Gasteiger partial charge is 0.324 e. The maximum atomic E-state index is 11.7. The number of halogens is 1. The summed E-state index contributed by atoms with van der Waals surface area (Å²) in [5, 5.41) is 2.86. The Morgan fingerprint density at radius 2 is 2.27 bits per heavy atom. The Morgan fingerprint density at radius 3 is 2.73 bits per heavy atom. The van der Waals surface area contributed by atoms with Crippen molar-refractivity contribution in [2.75, 3.05) is 5.32 Å². The highest BCUT2D eigenvalue weighted by atomic mass is 79.9. The number of anilines is 1. The number of hydrogen-bond donors (Lipinski definition) is 1. The molecular weight excluding hydrogens is 256 g/mol. The minimum Gasteiger partial charge on any atom is -0.324 e. The predicted molar refractivity (Wildman–Crippen MR) is 62.5 cm³/mol. The van der Waals surface area contributed by atoms with E-state index in [9.17, 15) is 4.79 Å². The number of carbonyl (C=O) groups excluding carboxylic acids is 1. The molecule has 1 atom stereocenters. The van der Waals surface area contributed by atoms with Crippen LogP contribution in [-0.4, -0.2) is 10.9 Å². The summed E-state index contributed by atoms with van der Waals surface area (Å²) < 4.78 is 0.771. The fourth-order valence-corrected chi connectivity index (χ4v) is 1.83. The van der Waals surface area contributed by atoms with Crippen molar-refractivity contribution in [1.82, 2.24) is 4.98 Å². The van der Waals surface area contributed by atoms with Crippen molar-refractivity contribution >= 4 is 27.5 Å². The number of aromatic nitrogens is 1. The Labute approximate surface area is 97.4 Å². The summed E-state index contributed by atoms with van der Waals surface area (Å²) in [5.41, 5.74) is 0.929. The molecule has 4 heteroatoms. The van der Waals surface area contributed by atoms with Crippen LogP contribution in [0.4, 0.5) is 5.69 Å². The van der Waals surface area contributed by atoms with Gasteiger partial charge in [-0.05, 0) is 39.9 Å². The summed E-state index contributed by atoms with van der Waals surface area (Å²) in [4.78, 5) is 15.8. The lowest BCUT2D eigenvalue weighted by Gasteiger charge is -2.05. The van der Waals surface area contributed by atoms with Crippen molar-refractivity contribution in [3.05, 3.63) is 22.9 Å². The van der Waals surface area contributed by atoms with Crippen molar-refractivity contribution in [2.24, 2.45) is 11.3 Å². The Bertz CT molecular complexity index is 386. The molecule has 1 amide bonds. The minimum atomic E-state index is 0.101. The third-order valence-corrected chi connectivity index (χ3v) is 3.29. The molecule has 1 aliphatic rings. The summed E-state index contributed by atoms with van der Waals surface area (Å²) in [5.74, 6) is 0.255. The van der Waals surface area contributed by atoms with Gasteiger partial charge in [0, 0.05) is 5.92 Å². The lowest BCUT2D eigenvalue weighted by atomic mass is 10.1. The molecule has 0 bridgehead atoms. The van der Waals surface area contributed by atoms with Crippen LogP contribution < -0.4 is 5.32 Å². The molecule has 1 aliphatic carbocycles. The first-order valence-corrected chi connectivity index (χ1v) is 5.71. The van der Waals surface area contributed by atoms with Crippen LogP contribution in [0, 0.1) is 11.3 Å². The van der Waals surface area contributed by atoms with E-state index in [0.29, 0.717) is 0 Å². The molecular formula is C11H13BrN2O. The predicted octanol–water partition coefficient (Wildman–Crippen LogP) is 2.83. The molecule has 0 aliphatic heterocycles. The van der Waals surface area contributed by atoms with Gasteiger partial charge in [0.05, 0.1) is 11.9 Å². The number of pyridine rings is 1. The second-order valence-electron chi connectivity index (χ2n) is 4.60. The molecule has 1 heterocycles. The van der Waals surface area contributed by atoms with Gasteiger partial charge in [0.2, 0.25) is 5.91 Å². The van der Waals surface area contributed by atoms with Crippen molar-refractivity contribution in [3.8, 4) is 0 Å². The molecule has 1 unspecified atom stereocenters. The molecule has 1 N–H and O–H groups in total. The summed E-state index contributed by atoms with van der Waals surface area (Å²) in [6.07, 6.45) is 2.63. The first-order chi connectivity index (χ1) is 6.99. The number of carbonyl (C=O) groups is 1. The van der Waals surface area contributed by atoms with E-state index in [2.05, 4.69) is 40.1 Å². The molecule has 2 rings (SSSR count). The van der Waals surface area contributed by atoms with Crippen LogP contribution in [0.3, 0.4) is 0 Å². The first kappa shape index (κ1) is 10.6. The van der Waals surface area contributed by atoms with Gasteiger partial charge in [-0.3, -0.25) is 4.79 Å². The monoisotopic (exact) mass is 268 g/mol. The van der Waals surface area contributed by atoms with Gasteiger partial charge in [0.15, 0.2) is 0 Å². The highest BCUT2D eigenvalue weighted by molar-refractivity contribution is 9.10. The van der Waals surface area contributed by atoms with Crippen LogP contribution >= 0.6 is 15.9 Å². The fourth-order valence-electron chi connectivity index (χ4n) is 1.59. The molecule has 1 aromatic heterocycles. The van der Waals surface area contributed by atoms with Gasteiger partial charge >= 0.3 is 0 Å². The zero-order valence-electron chi connectivity index (χ0n) is 8.75. The van der Waals surface area contributed by atoms with Crippen LogP contribution in [0.15, 0.2) is 22.9 Å². The number of amides is 1. The molecule has 0 radical (unpaired) electrons. The smallest absolute Gasteiger partial charge is 0.228 e. The number of rotatable bonds is 2. The number of nitrogens with zero attached hydrogens (tertiary/aromatic N) is 1. The van der Waals surface area contributed by atoms with Gasteiger partial charge in [-0.1, -0.05) is 13.8 Å². The maximum absolute atomic E-state index is 11.7. The lowest BCUT2D eigenvalue weighted by Crippen LogP contribution is -2.16. The van der Waals surface area contributed by atoms with E-state index >= 15 is 0 Å². The van der Waals surface area contributed by atoms with Gasteiger partial charge in [-0.15, -0.1) is 0 Å². The molecule has 1 aromatic rings. The zero-order valence-corrected chi connectivity index (χ0v) is 10.3. The second kappa shape index (κ2) is 3.59. The average Bonchev–Trinajstić information content (AvgIpc) is 2.79. The Morgan fingerprint density at radius 1 is 1.60 bits per heavy atom. The molecule has 80 valence electrons. The van der Waals surface area contributed by atoms with Gasteiger partial charge in [-0.25, -0.2) is 4.98 Å². The van der Waals surface area contributed by atoms with E-state index in [0.717, 1.165) is 16.7 Å². The third-order valence-electron chi connectivity index (χ3n) is 2.82. The van der Waals surface area contributed by atoms with E-state index in [1.807, 2.05) is 12.1 Å². The average molecular weight is 269 g/mol. The molecule has 1 fully saturated rings. The summed E-state index contributed by atoms with van der Waals surface area (Å²) >= 11 is 3.25. The van der Waals surface area contributed by atoms with E-state index in [1.165, 1.54) is 0 Å². The molecule has 3 nitrogen and oxygen atoms in total. The van der Waals surface area contributed by atoms with E-state index < -0.39 is 0 Å². The summed E-state index contributed by atoms with van der Waals surface area (Å²) in [6, 6.07) is 3.65.